The number of aromatic nitrogens is 1. The molecule has 0 saturated carbocycles. The van der Waals surface area contributed by atoms with Gasteiger partial charge in [0.1, 0.15) is 32.7 Å². The molecule has 1 aliphatic heterocycles. The van der Waals surface area contributed by atoms with Gasteiger partial charge in [-0.05, 0) is 30.3 Å². The van der Waals surface area contributed by atoms with E-state index in [-0.39, 0.29) is 17.3 Å². The number of rotatable bonds is 5. The molecule has 2 aromatic carbocycles. The summed E-state index contributed by atoms with van der Waals surface area (Å²) in [6.07, 6.45) is 0. The molecule has 1 saturated heterocycles. The van der Waals surface area contributed by atoms with Crippen molar-refractivity contribution in [2.75, 3.05) is 33.3 Å². The average Bonchev–Trinajstić information content (AvgIpc) is 2.99. The van der Waals surface area contributed by atoms with Gasteiger partial charge in [0.25, 0.3) is 0 Å². The Bertz CT molecular complexity index is 990. The fraction of sp³-hybridized carbons (Fsp3) is 0.350. The number of nitrogens with one attached hydrogen (secondary N) is 2. The number of hydrogen-bond donors (Lipinski definition) is 2. The van der Waals surface area contributed by atoms with Crippen molar-refractivity contribution < 1.29 is 23.3 Å². The van der Waals surface area contributed by atoms with Crippen LogP contribution in [-0.2, 0) is 13.2 Å². The van der Waals surface area contributed by atoms with Gasteiger partial charge in [0.05, 0.1) is 12.6 Å². The molecular formula is C20H24FN3O3+2. The second-order valence-electron chi connectivity index (χ2n) is 7.07. The molecule has 1 aromatic heterocycles. The largest absolute Gasteiger partial charge is 0.494 e. The summed E-state index contributed by atoms with van der Waals surface area (Å²) in [5.74, 6) is -0.335. The first-order chi connectivity index (χ1) is 13.1. The average molecular weight is 373 g/mol. The van der Waals surface area contributed by atoms with E-state index in [1.165, 1.54) is 16.9 Å². The van der Waals surface area contributed by atoms with Gasteiger partial charge in [-0.25, -0.2) is 13.8 Å². The number of nitrogens with zero attached hydrogens (tertiary/aromatic N) is 1. The second-order valence-corrected chi connectivity index (χ2v) is 7.07. The van der Waals surface area contributed by atoms with Gasteiger partial charge < -0.3 is 19.0 Å². The third-order valence-electron chi connectivity index (χ3n) is 5.29. The lowest BCUT2D eigenvalue weighted by atomic mass is 10.2. The molecular weight excluding hydrogens is 349 g/mol. The van der Waals surface area contributed by atoms with Gasteiger partial charge in [-0.15, -0.1) is 0 Å². The zero-order valence-electron chi connectivity index (χ0n) is 15.3. The first kappa shape index (κ1) is 17.8. The van der Waals surface area contributed by atoms with Crippen LogP contribution in [0.2, 0.25) is 0 Å². The van der Waals surface area contributed by atoms with Crippen molar-refractivity contribution in [1.82, 2.24) is 4.57 Å². The highest BCUT2D eigenvalue weighted by Gasteiger charge is 2.25. The monoisotopic (exact) mass is 373 g/mol. The predicted octanol–water partition coefficient (Wildman–Crippen LogP) is -0.317. The third-order valence-corrected chi connectivity index (χ3v) is 5.29. The number of para-hydroxylation sites is 2. The summed E-state index contributed by atoms with van der Waals surface area (Å²) in [4.78, 5) is 14.9. The number of hydrogen-bond acceptors (Lipinski definition) is 3. The molecule has 27 heavy (non-hydrogen) atoms. The zero-order valence-corrected chi connectivity index (χ0v) is 15.3. The number of halogens is 1. The normalized spacial score (nSPS) is 20.1. The summed E-state index contributed by atoms with van der Waals surface area (Å²) in [6.45, 7) is 5.28. The van der Waals surface area contributed by atoms with Crippen LogP contribution in [0.15, 0.2) is 51.7 Å². The molecule has 6 nitrogen and oxygen atoms in total. The van der Waals surface area contributed by atoms with E-state index in [4.69, 9.17) is 9.15 Å². The van der Waals surface area contributed by atoms with Crippen LogP contribution in [0.4, 0.5) is 4.39 Å². The van der Waals surface area contributed by atoms with Crippen LogP contribution in [0.5, 0.6) is 5.75 Å². The van der Waals surface area contributed by atoms with Gasteiger partial charge in [-0.1, -0.05) is 12.1 Å². The highest BCUT2D eigenvalue weighted by molar-refractivity contribution is 5.72. The second kappa shape index (κ2) is 7.54. The SMILES string of the molecule is COc1ccc(C[NH+]2CC[NH+](Cn3c(=O)oc4ccccc43)CC2)cc1F. The number of quaternary nitrogens is 2. The van der Waals surface area contributed by atoms with Crippen molar-refractivity contribution in [3.05, 3.63) is 64.4 Å². The van der Waals surface area contributed by atoms with Gasteiger partial charge in [0.15, 0.2) is 23.8 Å². The molecule has 0 bridgehead atoms. The number of piperazine rings is 1. The Hall–Kier alpha value is -2.64. The summed E-state index contributed by atoms with van der Waals surface area (Å²) in [5.41, 5.74) is 2.45. The van der Waals surface area contributed by atoms with E-state index in [2.05, 4.69) is 0 Å². The van der Waals surface area contributed by atoms with Crippen LogP contribution in [0.3, 0.4) is 0 Å². The maximum Gasteiger partial charge on any atom is 0.424 e. The maximum atomic E-state index is 13.9. The Labute approximate surface area is 156 Å². The first-order valence-corrected chi connectivity index (χ1v) is 9.22. The first-order valence-electron chi connectivity index (χ1n) is 9.22. The quantitative estimate of drug-likeness (QED) is 0.645. The molecule has 142 valence electrons. The smallest absolute Gasteiger partial charge is 0.424 e. The highest BCUT2D eigenvalue weighted by Crippen LogP contribution is 2.17. The van der Waals surface area contributed by atoms with E-state index in [9.17, 15) is 9.18 Å². The molecule has 2 N–H and O–H groups in total. The molecule has 1 fully saturated rings. The van der Waals surface area contributed by atoms with Gasteiger partial charge in [-0.2, -0.15) is 0 Å². The Balaban J connectivity index is 1.37. The van der Waals surface area contributed by atoms with E-state index in [1.54, 1.807) is 16.7 Å². The number of ether oxygens (including phenoxy) is 1. The van der Waals surface area contributed by atoms with Crippen LogP contribution in [-0.4, -0.2) is 37.9 Å². The third kappa shape index (κ3) is 3.74. The minimum atomic E-state index is -0.315. The Kier molecular flexibility index (Phi) is 4.96. The summed E-state index contributed by atoms with van der Waals surface area (Å²) in [6, 6.07) is 12.7. The van der Waals surface area contributed by atoms with E-state index >= 15 is 0 Å². The lowest BCUT2D eigenvalue weighted by molar-refractivity contribution is -1.03. The lowest BCUT2D eigenvalue weighted by Crippen LogP contribution is -3.27. The standard InChI is InChI=1S/C20H22FN3O3/c1-26-18-7-6-15(12-16(18)21)13-22-8-10-23(11-9-22)14-24-17-4-2-3-5-19(17)27-20(24)25/h2-7,12H,8-11,13-14H2,1H3/p+2. The Morgan fingerprint density at radius 3 is 2.59 bits per heavy atom. The van der Waals surface area contributed by atoms with Crippen LogP contribution in [0.1, 0.15) is 5.56 Å². The van der Waals surface area contributed by atoms with Crippen molar-refractivity contribution >= 4 is 11.1 Å². The van der Waals surface area contributed by atoms with Crippen molar-refractivity contribution in [3.8, 4) is 5.75 Å². The summed E-state index contributed by atoms with van der Waals surface area (Å²) in [7, 11) is 1.47. The van der Waals surface area contributed by atoms with Crippen molar-refractivity contribution in [2.45, 2.75) is 13.2 Å². The molecule has 0 unspecified atom stereocenters. The van der Waals surface area contributed by atoms with Crippen molar-refractivity contribution in [1.29, 1.82) is 0 Å². The molecule has 2 heterocycles. The fourth-order valence-electron chi connectivity index (χ4n) is 3.79. The topological polar surface area (TPSA) is 53.2 Å². The molecule has 3 aromatic rings. The Morgan fingerprint density at radius 2 is 1.85 bits per heavy atom. The van der Waals surface area contributed by atoms with Gasteiger partial charge in [0, 0.05) is 5.56 Å². The van der Waals surface area contributed by atoms with E-state index in [1.807, 2.05) is 30.3 Å². The lowest BCUT2D eigenvalue weighted by Gasteiger charge is -2.29. The zero-order chi connectivity index (χ0) is 18.8. The molecule has 0 aliphatic carbocycles. The van der Waals surface area contributed by atoms with E-state index in [0.29, 0.717) is 12.3 Å². The van der Waals surface area contributed by atoms with Crippen LogP contribution in [0.25, 0.3) is 11.1 Å². The number of oxazole rings is 1. The van der Waals surface area contributed by atoms with Crippen molar-refractivity contribution in [2.24, 2.45) is 0 Å². The van der Waals surface area contributed by atoms with E-state index in [0.717, 1.165) is 43.8 Å². The highest BCUT2D eigenvalue weighted by atomic mass is 19.1. The van der Waals surface area contributed by atoms with Gasteiger partial charge in [0.2, 0.25) is 0 Å². The molecule has 4 rings (SSSR count). The summed E-state index contributed by atoms with van der Waals surface area (Å²) >= 11 is 0. The summed E-state index contributed by atoms with van der Waals surface area (Å²) < 4.78 is 25.9. The molecule has 0 spiro atoms. The molecule has 0 amide bonds. The number of methoxy groups -OCH3 is 1. The molecule has 0 atom stereocenters. The van der Waals surface area contributed by atoms with Crippen molar-refractivity contribution in [3.63, 3.8) is 0 Å². The maximum absolute atomic E-state index is 13.9. The number of fused-ring (bicyclic) bond motifs is 1. The summed E-state index contributed by atoms with van der Waals surface area (Å²) in [5, 5.41) is 0. The predicted molar refractivity (Wildman–Crippen MR) is 98.5 cm³/mol. The van der Waals surface area contributed by atoms with Crippen LogP contribution >= 0.6 is 0 Å². The van der Waals surface area contributed by atoms with Crippen LogP contribution in [0, 0.1) is 5.82 Å². The fourth-order valence-corrected chi connectivity index (χ4v) is 3.79. The number of benzene rings is 2. The molecule has 0 radical (unpaired) electrons. The molecule has 7 heteroatoms. The van der Waals surface area contributed by atoms with E-state index < -0.39 is 0 Å². The Morgan fingerprint density at radius 1 is 1.11 bits per heavy atom. The minimum absolute atomic E-state index is 0.279. The molecule has 1 aliphatic rings. The minimum Gasteiger partial charge on any atom is -0.494 e. The van der Waals surface area contributed by atoms with Gasteiger partial charge in [-0.3, -0.25) is 0 Å². The van der Waals surface area contributed by atoms with Crippen LogP contribution < -0.4 is 20.3 Å². The van der Waals surface area contributed by atoms with Gasteiger partial charge >= 0.3 is 5.76 Å².